The largest absolute Gasteiger partial charge is 0.369 e. The maximum Gasteiger partial charge on any atom is 0.231 e. The van der Waals surface area contributed by atoms with Gasteiger partial charge in [-0.1, -0.05) is 11.6 Å². The lowest BCUT2D eigenvalue weighted by atomic mass is 10.4. The number of sulfone groups is 1. The van der Waals surface area contributed by atoms with E-state index in [1.807, 2.05) is 0 Å². The summed E-state index contributed by atoms with van der Waals surface area (Å²) in [5, 5.41) is 0.500. The summed E-state index contributed by atoms with van der Waals surface area (Å²) >= 11 is 5.71. The molecule has 19 heavy (non-hydrogen) atoms. The third-order valence-electron chi connectivity index (χ3n) is 2.55. The Morgan fingerprint density at radius 2 is 1.89 bits per heavy atom. The predicted molar refractivity (Wildman–Crippen MR) is 74.8 cm³/mol. The third kappa shape index (κ3) is 5.59. The zero-order chi connectivity index (χ0) is 14.5. The van der Waals surface area contributed by atoms with Crippen molar-refractivity contribution < 1.29 is 13.2 Å². The van der Waals surface area contributed by atoms with Gasteiger partial charge < -0.3 is 5.73 Å². The Labute approximate surface area is 118 Å². The number of nitrogens with zero attached hydrogens (tertiary/aromatic N) is 1. The average molecular weight is 305 g/mol. The summed E-state index contributed by atoms with van der Waals surface area (Å²) in [6.45, 7) is 0.622. The Kier molecular flexibility index (Phi) is 5.78. The highest BCUT2D eigenvalue weighted by molar-refractivity contribution is 7.91. The molecule has 0 spiro atoms. The lowest BCUT2D eigenvalue weighted by Gasteiger charge is -2.14. The van der Waals surface area contributed by atoms with E-state index >= 15 is 0 Å². The van der Waals surface area contributed by atoms with Crippen molar-refractivity contribution in [2.45, 2.75) is 11.3 Å². The van der Waals surface area contributed by atoms with Crippen LogP contribution in [0.3, 0.4) is 0 Å². The molecular weight excluding hydrogens is 288 g/mol. The second-order valence-electron chi connectivity index (χ2n) is 4.33. The van der Waals surface area contributed by atoms with Crippen molar-refractivity contribution >= 4 is 27.3 Å². The van der Waals surface area contributed by atoms with Crippen LogP contribution in [0, 0.1) is 0 Å². The lowest BCUT2D eigenvalue weighted by Crippen LogP contribution is -2.32. The average Bonchev–Trinajstić information content (AvgIpc) is 2.28. The molecule has 0 heterocycles. The van der Waals surface area contributed by atoms with Crippen molar-refractivity contribution in [3.8, 4) is 0 Å². The highest BCUT2D eigenvalue weighted by Gasteiger charge is 2.14. The first-order valence-corrected chi connectivity index (χ1v) is 7.79. The molecule has 0 unspecified atom stereocenters. The number of carbonyl (C=O) groups excluding carboxylic acids is 1. The van der Waals surface area contributed by atoms with Crippen molar-refractivity contribution in [2.75, 3.05) is 25.9 Å². The molecule has 0 aliphatic rings. The number of rotatable bonds is 7. The fourth-order valence-corrected chi connectivity index (χ4v) is 3.05. The molecule has 7 heteroatoms. The van der Waals surface area contributed by atoms with E-state index in [0.717, 1.165) is 0 Å². The van der Waals surface area contributed by atoms with E-state index < -0.39 is 15.7 Å². The summed E-state index contributed by atoms with van der Waals surface area (Å²) in [5.74, 6) is -0.402. The van der Waals surface area contributed by atoms with Crippen molar-refractivity contribution in [1.82, 2.24) is 4.90 Å². The summed E-state index contributed by atoms with van der Waals surface area (Å²) in [6.07, 6.45) is 0.439. The van der Waals surface area contributed by atoms with Crippen molar-refractivity contribution in [3.63, 3.8) is 0 Å². The van der Waals surface area contributed by atoms with Crippen LogP contribution in [0.25, 0.3) is 0 Å². The number of amides is 1. The van der Waals surface area contributed by atoms with Crippen LogP contribution in [0.4, 0.5) is 0 Å². The number of carbonyl (C=O) groups is 1. The van der Waals surface area contributed by atoms with Gasteiger partial charge in [0.25, 0.3) is 0 Å². The Hall–Kier alpha value is -1.11. The van der Waals surface area contributed by atoms with Gasteiger partial charge in [0.1, 0.15) is 0 Å². The molecule has 0 bridgehead atoms. The van der Waals surface area contributed by atoms with Crippen LogP contribution in [0.15, 0.2) is 29.2 Å². The van der Waals surface area contributed by atoms with Crippen molar-refractivity contribution in [3.05, 3.63) is 29.3 Å². The Bertz CT molecular complexity index is 528. The fraction of sp³-hybridized carbons (Fsp3) is 0.417. The van der Waals surface area contributed by atoms with Gasteiger partial charge in [-0.05, 0) is 44.3 Å². The van der Waals surface area contributed by atoms with E-state index in [9.17, 15) is 13.2 Å². The molecule has 0 fully saturated rings. The molecule has 1 rings (SSSR count). The SMILES string of the molecule is CN(CCCS(=O)(=O)c1ccc(Cl)cc1)CC(N)=O. The summed E-state index contributed by atoms with van der Waals surface area (Å²) < 4.78 is 24.0. The number of halogens is 1. The number of primary amides is 1. The number of benzene rings is 1. The normalized spacial score (nSPS) is 11.7. The lowest BCUT2D eigenvalue weighted by molar-refractivity contribution is -0.118. The molecule has 1 aromatic carbocycles. The van der Waals surface area contributed by atoms with Crippen LogP contribution in [0.2, 0.25) is 5.02 Å². The third-order valence-corrected chi connectivity index (χ3v) is 4.62. The minimum absolute atomic E-state index is 0.0255. The van der Waals surface area contributed by atoms with Gasteiger partial charge in [-0.25, -0.2) is 8.42 Å². The smallest absolute Gasteiger partial charge is 0.231 e. The minimum atomic E-state index is -3.30. The Morgan fingerprint density at radius 3 is 2.42 bits per heavy atom. The summed E-state index contributed by atoms with van der Waals surface area (Å²) in [5.41, 5.74) is 5.04. The second kappa shape index (κ2) is 6.88. The summed E-state index contributed by atoms with van der Waals surface area (Å²) in [7, 11) is -1.58. The van der Waals surface area contributed by atoms with Crippen LogP contribution in [-0.2, 0) is 14.6 Å². The van der Waals surface area contributed by atoms with Crippen LogP contribution in [0.5, 0.6) is 0 Å². The molecular formula is C12H17ClN2O3S. The topological polar surface area (TPSA) is 80.5 Å². The monoisotopic (exact) mass is 304 g/mol. The predicted octanol–water partition coefficient (Wildman–Crippen LogP) is 0.921. The van der Waals surface area contributed by atoms with E-state index in [-0.39, 0.29) is 17.2 Å². The van der Waals surface area contributed by atoms with Crippen molar-refractivity contribution in [1.29, 1.82) is 0 Å². The van der Waals surface area contributed by atoms with Gasteiger partial charge in [0.15, 0.2) is 9.84 Å². The van der Waals surface area contributed by atoms with Crippen molar-refractivity contribution in [2.24, 2.45) is 5.73 Å². The van der Waals surface area contributed by atoms with Gasteiger partial charge in [0, 0.05) is 5.02 Å². The highest BCUT2D eigenvalue weighted by Crippen LogP contribution is 2.16. The molecule has 0 aliphatic carbocycles. The van der Waals surface area contributed by atoms with E-state index in [2.05, 4.69) is 0 Å². The maximum atomic E-state index is 12.0. The van der Waals surface area contributed by atoms with Gasteiger partial charge in [0.2, 0.25) is 5.91 Å². The minimum Gasteiger partial charge on any atom is -0.369 e. The van der Waals surface area contributed by atoms with Crippen LogP contribution in [-0.4, -0.2) is 45.1 Å². The quantitative estimate of drug-likeness (QED) is 0.812. The Morgan fingerprint density at radius 1 is 1.32 bits per heavy atom. The van der Waals surface area contributed by atoms with E-state index in [0.29, 0.717) is 18.0 Å². The van der Waals surface area contributed by atoms with Crippen LogP contribution < -0.4 is 5.73 Å². The standard InChI is InChI=1S/C12H17ClN2O3S/c1-15(9-12(14)16)7-2-8-19(17,18)11-5-3-10(13)4-6-11/h3-6H,2,7-9H2,1H3,(H2,14,16). The molecule has 5 nitrogen and oxygen atoms in total. The van der Waals surface area contributed by atoms with Crippen LogP contribution >= 0.6 is 11.6 Å². The fourth-order valence-electron chi connectivity index (χ4n) is 1.63. The molecule has 106 valence electrons. The molecule has 0 atom stereocenters. The number of hydrogen-bond acceptors (Lipinski definition) is 4. The van der Waals surface area contributed by atoms with Crippen LogP contribution in [0.1, 0.15) is 6.42 Å². The first-order valence-electron chi connectivity index (χ1n) is 5.76. The van der Waals surface area contributed by atoms with E-state index in [4.69, 9.17) is 17.3 Å². The zero-order valence-electron chi connectivity index (χ0n) is 10.7. The van der Waals surface area contributed by atoms with Gasteiger partial charge >= 0.3 is 0 Å². The van der Waals surface area contributed by atoms with Gasteiger partial charge in [-0.15, -0.1) is 0 Å². The molecule has 0 aliphatic heterocycles. The molecule has 1 amide bonds. The molecule has 1 aromatic rings. The van der Waals surface area contributed by atoms with Gasteiger partial charge in [-0.2, -0.15) is 0 Å². The highest BCUT2D eigenvalue weighted by atomic mass is 35.5. The maximum absolute atomic E-state index is 12.0. The second-order valence-corrected chi connectivity index (χ2v) is 6.88. The summed E-state index contributed by atoms with van der Waals surface area (Å²) in [6, 6.07) is 6.08. The number of nitrogens with two attached hydrogens (primary N) is 1. The van der Waals surface area contributed by atoms with Gasteiger partial charge in [0.05, 0.1) is 17.2 Å². The molecule has 0 saturated heterocycles. The number of likely N-dealkylation sites (N-methyl/N-ethyl adjacent to an activating group) is 1. The number of hydrogen-bond donors (Lipinski definition) is 1. The molecule has 0 radical (unpaired) electrons. The van der Waals surface area contributed by atoms with E-state index in [1.54, 1.807) is 24.1 Å². The first-order chi connectivity index (χ1) is 8.81. The first kappa shape index (κ1) is 15.9. The Balaban J connectivity index is 2.52. The molecule has 2 N–H and O–H groups in total. The van der Waals surface area contributed by atoms with Gasteiger partial charge in [-0.3, -0.25) is 9.69 Å². The summed E-state index contributed by atoms with van der Waals surface area (Å²) in [4.78, 5) is 12.6. The zero-order valence-corrected chi connectivity index (χ0v) is 12.2. The van der Waals surface area contributed by atoms with E-state index in [1.165, 1.54) is 12.1 Å². The molecule has 0 aromatic heterocycles. The molecule has 0 saturated carbocycles.